The molecule has 6 nitrogen and oxygen atoms in total. The Labute approximate surface area is 141 Å². The lowest BCUT2D eigenvalue weighted by Crippen LogP contribution is -2.29. The second-order valence-electron chi connectivity index (χ2n) is 5.32. The summed E-state index contributed by atoms with van der Waals surface area (Å²) in [6.07, 6.45) is 1.72. The van der Waals surface area contributed by atoms with Crippen molar-refractivity contribution in [3.63, 3.8) is 0 Å². The summed E-state index contributed by atoms with van der Waals surface area (Å²) in [6, 6.07) is 7.62. The van der Waals surface area contributed by atoms with Crippen LogP contribution in [0.2, 0.25) is 0 Å². The number of allylic oxidation sites excluding steroid dienone is 1. The van der Waals surface area contributed by atoms with Gasteiger partial charge in [0.15, 0.2) is 5.69 Å². The van der Waals surface area contributed by atoms with Gasteiger partial charge in [-0.15, -0.1) is 16.8 Å². The number of thiocarbonyl (C=S) groups is 1. The minimum absolute atomic E-state index is 0.0611. The Balaban J connectivity index is 2.22. The maximum Gasteiger partial charge on any atom is 0.221 e. The molecule has 0 bridgehead atoms. The standard InChI is InChI=1S/C16H21N5OS/c1-4-10-21-13-8-6-5-7-12(13)14(15(21)22)18-19-16(23)17-9-11-20(2)3/h4-8,22H,1,9-11H2,2-3H3,(H,17,23). The molecule has 122 valence electrons. The second kappa shape index (κ2) is 7.85. The van der Waals surface area contributed by atoms with Crippen LogP contribution in [0.3, 0.4) is 0 Å². The fourth-order valence-electron chi connectivity index (χ4n) is 2.20. The lowest BCUT2D eigenvalue weighted by molar-refractivity contribution is 0.413. The molecule has 0 spiro atoms. The van der Waals surface area contributed by atoms with E-state index in [1.165, 1.54) is 0 Å². The van der Waals surface area contributed by atoms with E-state index in [0.29, 0.717) is 23.9 Å². The average molecular weight is 331 g/mol. The molecule has 23 heavy (non-hydrogen) atoms. The zero-order chi connectivity index (χ0) is 16.8. The fraction of sp³-hybridized carbons (Fsp3) is 0.312. The van der Waals surface area contributed by atoms with Crippen molar-refractivity contribution in [3.8, 4) is 5.88 Å². The van der Waals surface area contributed by atoms with Gasteiger partial charge in [-0.1, -0.05) is 24.3 Å². The predicted molar refractivity (Wildman–Crippen MR) is 97.5 cm³/mol. The summed E-state index contributed by atoms with van der Waals surface area (Å²) >= 11 is 5.13. The second-order valence-corrected chi connectivity index (χ2v) is 5.71. The Morgan fingerprint density at radius 1 is 1.43 bits per heavy atom. The van der Waals surface area contributed by atoms with Crippen molar-refractivity contribution in [2.75, 3.05) is 27.2 Å². The molecule has 2 N–H and O–H groups in total. The van der Waals surface area contributed by atoms with E-state index in [-0.39, 0.29) is 5.88 Å². The monoisotopic (exact) mass is 331 g/mol. The third-order valence-electron chi connectivity index (χ3n) is 3.31. The molecule has 0 saturated carbocycles. The molecule has 0 atom stereocenters. The van der Waals surface area contributed by atoms with Crippen molar-refractivity contribution in [1.29, 1.82) is 0 Å². The summed E-state index contributed by atoms with van der Waals surface area (Å²) in [7, 11) is 3.97. The summed E-state index contributed by atoms with van der Waals surface area (Å²) in [5.41, 5.74) is 1.30. The highest BCUT2D eigenvalue weighted by molar-refractivity contribution is 7.80. The summed E-state index contributed by atoms with van der Waals surface area (Å²) in [5.74, 6) is 0.0611. The van der Waals surface area contributed by atoms with Gasteiger partial charge in [-0.3, -0.25) is 0 Å². The van der Waals surface area contributed by atoms with Crippen LogP contribution in [0.4, 0.5) is 5.69 Å². The molecule has 1 heterocycles. The van der Waals surface area contributed by atoms with Gasteiger partial charge in [0.1, 0.15) is 0 Å². The largest absolute Gasteiger partial charge is 0.493 e. The zero-order valence-corrected chi connectivity index (χ0v) is 14.2. The number of aromatic nitrogens is 1. The number of rotatable bonds is 6. The molecule has 0 aliphatic rings. The molecule has 7 heteroatoms. The molecule has 0 unspecified atom stereocenters. The highest BCUT2D eigenvalue weighted by atomic mass is 32.1. The highest BCUT2D eigenvalue weighted by Crippen LogP contribution is 2.38. The Kier molecular flexibility index (Phi) is 5.84. The first-order chi connectivity index (χ1) is 11.0. The molecule has 1 aromatic carbocycles. The summed E-state index contributed by atoms with van der Waals surface area (Å²) in [6.45, 7) is 5.74. The molecule has 0 amide bonds. The summed E-state index contributed by atoms with van der Waals surface area (Å²) < 4.78 is 1.74. The van der Waals surface area contributed by atoms with Crippen molar-refractivity contribution in [3.05, 3.63) is 36.9 Å². The van der Waals surface area contributed by atoms with E-state index in [1.54, 1.807) is 10.6 Å². The van der Waals surface area contributed by atoms with Crippen molar-refractivity contribution in [1.82, 2.24) is 14.8 Å². The molecule has 2 rings (SSSR count). The maximum absolute atomic E-state index is 10.4. The van der Waals surface area contributed by atoms with E-state index in [9.17, 15) is 5.11 Å². The normalized spacial score (nSPS) is 11.4. The number of azo groups is 1. The molecule has 0 radical (unpaired) electrons. The number of likely N-dealkylation sites (N-methyl/N-ethyl adjacent to an activating group) is 1. The molecular formula is C16H21N5OS. The number of hydrogen-bond donors (Lipinski definition) is 2. The van der Waals surface area contributed by atoms with Crippen LogP contribution in [0.5, 0.6) is 5.88 Å². The van der Waals surface area contributed by atoms with Crippen LogP contribution in [0.1, 0.15) is 0 Å². The number of nitrogens with one attached hydrogen (secondary N) is 1. The van der Waals surface area contributed by atoms with E-state index in [4.69, 9.17) is 12.2 Å². The van der Waals surface area contributed by atoms with Crippen molar-refractivity contribution in [2.45, 2.75) is 6.54 Å². The molecular weight excluding hydrogens is 310 g/mol. The lowest BCUT2D eigenvalue weighted by Gasteiger charge is -2.09. The van der Waals surface area contributed by atoms with Gasteiger partial charge < -0.3 is 19.9 Å². The van der Waals surface area contributed by atoms with Gasteiger partial charge in [-0.05, 0) is 32.4 Å². The summed E-state index contributed by atoms with van der Waals surface area (Å²) in [4.78, 5) is 2.04. The molecule has 0 aliphatic carbocycles. The van der Waals surface area contributed by atoms with E-state index >= 15 is 0 Å². The molecule has 0 aliphatic heterocycles. The summed E-state index contributed by atoms with van der Waals surface area (Å²) in [5, 5.41) is 22.7. The first-order valence-electron chi connectivity index (χ1n) is 7.30. The SMILES string of the molecule is C=CCn1c(O)c(N=NC(=S)NCCN(C)C)c2ccccc21. The average Bonchev–Trinajstić information content (AvgIpc) is 2.78. The number of hydrogen-bond acceptors (Lipinski definition) is 4. The number of fused-ring (bicyclic) bond motifs is 1. The quantitative estimate of drug-likeness (QED) is 0.485. The molecule has 0 fully saturated rings. The van der Waals surface area contributed by atoms with Gasteiger partial charge in [0.25, 0.3) is 0 Å². The number of nitrogens with zero attached hydrogens (tertiary/aromatic N) is 4. The van der Waals surface area contributed by atoms with Gasteiger partial charge >= 0.3 is 0 Å². The molecule has 0 saturated heterocycles. The Hall–Kier alpha value is -2.25. The molecule has 1 aromatic heterocycles. The van der Waals surface area contributed by atoms with Crippen LogP contribution >= 0.6 is 12.2 Å². The predicted octanol–water partition coefficient (Wildman–Crippen LogP) is 3.05. The van der Waals surface area contributed by atoms with E-state index in [2.05, 4.69) is 22.1 Å². The van der Waals surface area contributed by atoms with Gasteiger partial charge in [-0.25, -0.2) is 0 Å². The number of aromatic hydroxyl groups is 1. The van der Waals surface area contributed by atoms with E-state index < -0.39 is 0 Å². The van der Waals surface area contributed by atoms with Gasteiger partial charge in [-0.2, -0.15) is 0 Å². The van der Waals surface area contributed by atoms with E-state index in [0.717, 1.165) is 17.4 Å². The molecule has 2 aromatic rings. The minimum atomic E-state index is 0.0611. The maximum atomic E-state index is 10.4. The van der Waals surface area contributed by atoms with Gasteiger partial charge in [0.2, 0.25) is 11.0 Å². The highest BCUT2D eigenvalue weighted by Gasteiger charge is 2.15. The van der Waals surface area contributed by atoms with Crippen molar-refractivity contribution < 1.29 is 5.11 Å². The first-order valence-corrected chi connectivity index (χ1v) is 7.70. The minimum Gasteiger partial charge on any atom is -0.493 e. The van der Waals surface area contributed by atoms with Crippen LogP contribution < -0.4 is 5.32 Å². The smallest absolute Gasteiger partial charge is 0.221 e. The van der Waals surface area contributed by atoms with Crippen LogP contribution in [0, 0.1) is 0 Å². The fourth-order valence-corrected chi connectivity index (χ4v) is 2.34. The van der Waals surface area contributed by atoms with Gasteiger partial charge in [0.05, 0.1) is 5.52 Å². The topological polar surface area (TPSA) is 65.1 Å². The van der Waals surface area contributed by atoms with Crippen LogP contribution in [-0.4, -0.2) is 46.9 Å². The third-order valence-corrected chi connectivity index (χ3v) is 3.53. The third kappa shape index (κ3) is 4.14. The lowest BCUT2D eigenvalue weighted by atomic mass is 10.2. The zero-order valence-electron chi connectivity index (χ0n) is 13.4. The Morgan fingerprint density at radius 3 is 2.87 bits per heavy atom. The van der Waals surface area contributed by atoms with E-state index in [1.807, 2.05) is 43.3 Å². The van der Waals surface area contributed by atoms with Crippen LogP contribution in [-0.2, 0) is 6.54 Å². The van der Waals surface area contributed by atoms with Crippen molar-refractivity contribution in [2.24, 2.45) is 10.2 Å². The van der Waals surface area contributed by atoms with Crippen LogP contribution in [0.25, 0.3) is 10.9 Å². The number of para-hydroxylation sites is 1. The van der Waals surface area contributed by atoms with Crippen LogP contribution in [0.15, 0.2) is 47.1 Å². The van der Waals surface area contributed by atoms with Gasteiger partial charge in [0, 0.05) is 25.0 Å². The Morgan fingerprint density at radius 2 is 2.17 bits per heavy atom. The number of benzene rings is 1. The Bertz CT molecular complexity index is 735. The van der Waals surface area contributed by atoms with Crippen molar-refractivity contribution >= 4 is 33.9 Å². The first kappa shape index (κ1) is 17.1.